The molecule has 0 aromatic heterocycles. The Bertz CT molecular complexity index is 950. The Morgan fingerprint density at radius 2 is 1.63 bits per heavy atom. The molecule has 1 aromatic carbocycles. The molecule has 1 rings (SSSR count). The van der Waals surface area contributed by atoms with Crippen molar-refractivity contribution in [1.29, 1.82) is 0 Å². The van der Waals surface area contributed by atoms with Crippen molar-refractivity contribution < 1.29 is 29.6 Å². The predicted octanol–water partition coefficient (Wildman–Crippen LogP) is 5.73. The first kappa shape index (κ1) is 30.2. The van der Waals surface area contributed by atoms with Gasteiger partial charge in [-0.2, -0.15) is 0 Å². The van der Waals surface area contributed by atoms with Crippen LogP contribution in [0.2, 0.25) is 0 Å². The summed E-state index contributed by atoms with van der Waals surface area (Å²) in [4.78, 5) is 23.7. The van der Waals surface area contributed by atoms with Crippen LogP contribution in [0.4, 0.5) is 0 Å². The van der Waals surface area contributed by atoms with Gasteiger partial charge in [-0.3, -0.25) is 9.59 Å². The first-order valence-corrected chi connectivity index (χ1v) is 12.2. The minimum absolute atomic E-state index is 0.00350. The molecule has 3 N–H and O–H groups in total. The van der Waals surface area contributed by atoms with Crippen LogP contribution in [0, 0.1) is 5.92 Å². The standard InChI is InChI=1S/C29H42O6/c1-19(2)15-26(31)28(33)22(5)12-8-11-20(3)9-7-10-21(4)13-14-23-16-25(30)17-24(29(23)34)18-27(32)35-6/h9,13,15-17,22,26,30-31,34H,7-8,10-12,14,18H2,1-6H3/t22-,26+/m1/s1. The number of allylic oxidation sites excluding steroid dienone is 5. The average molecular weight is 487 g/mol. The summed E-state index contributed by atoms with van der Waals surface area (Å²) < 4.78 is 4.64. The number of benzene rings is 1. The number of aliphatic hydroxyl groups excluding tert-OH is 1. The van der Waals surface area contributed by atoms with Gasteiger partial charge in [-0.05, 0) is 78.4 Å². The molecule has 0 radical (unpaired) electrons. The molecule has 2 atom stereocenters. The fourth-order valence-corrected chi connectivity index (χ4v) is 3.81. The van der Waals surface area contributed by atoms with E-state index >= 15 is 0 Å². The summed E-state index contributed by atoms with van der Waals surface area (Å²) in [5.41, 5.74) is 4.29. The molecule has 0 saturated carbocycles. The van der Waals surface area contributed by atoms with Crippen molar-refractivity contribution in [2.75, 3.05) is 7.11 Å². The van der Waals surface area contributed by atoms with Gasteiger partial charge in [-0.25, -0.2) is 0 Å². The van der Waals surface area contributed by atoms with Crippen LogP contribution in [0.1, 0.15) is 77.8 Å². The minimum Gasteiger partial charge on any atom is -0.508 e. The van der Waals surface area contributed by atoms with Crippen molar-refractivity contribution in [3.63, 3.8) is 0 Å². The summed E-state index contributed by atoms with van der Waals surface area (Å²) in [6.07, 6.45) is 9.50. The molecule has 0 bridgehead atoms. The number of aliphatic hydroxyl groups is 1. The second-order valence-corrected chi connectivity index (χ2v) is 9.59. The molecule has 0 unspecified atom stereocenters. The van der Waals surface area contributed by atoms with Crippen LogP contribution in [0.5, 0.6) is 11.5 Å². The van der Waals surface area contributed by atoms with Gasteiger partial charge in [-0.1, -0.05) is 41.9 Å². The van der Waals surface area contributed by atoms with Crippen LogP contribution in [0.15, 0.2) is 47.1 Å². The van der Waals surface area contributed by atoms with Gasteiger partial charge in [0.15, 0.2) is 5.78 Å². The Morgan fingerprint density at radius 3 is 2.26 bits per heavy atom. The molecular formula is C29H42O6. The monoisotopic (exact) mass is 486 g/mol. The summed E-state index contributed by atoms with van der Waals surface area (Å²) in [6.45, 7) is 9.74. The Kier molecular flexibility index (Phi) is 13.1. The molecule has 0 amide bonds. The zero-order valence-electron chi connectivity index (χ0n) is 22.1. The number of aromatic hydroxyl groups is 2. The normalized spacial score (nSPS) is 13.8. The van der Waals surface area contributed by atoms with E-state index in [4.69, 9.17) is 0 Å². The number of ether oxygens (including phenoxy) is 1. The highest BCUT2D eigenvalue weighted by Crippen LogP contribution is 2.29. The number of methoxy groups -OCH3 is 1. The van der Waals surface area contributed by atoms with Gasteiger partial charge in [0.25, 0.3) is 0 Å². The van der Waals surface area contributed by atoms with Crippen LogP contribution in [0.3, 0.4) is 0 Å². The maximum atomic E-state index is 12.2. The quantitative estimate of drug-likeness (QED) is 0.176. The van der Waals surface area contributed by atoms with Crippen molar-refractivity contribution in [1.82, 2.24) is 0 Å². The van der Waals surface area contributed by atoms with E-state index in [0.717, 1.165) is 37.7 Å². The smallest absolute Gasteiger partial charge is 0.310 e. The fourth-order valence-electron chi connectivity index (χ4n) is 3.81. The van der Waals surface area contributed by atoms with Crippen molar-refractivity contribution in [3.8, 4) is 11.5 Å². The first-order valence-electron chi connectivity index (χ1n) is 12.2. The van der Waals surface area contributed by atoms with Crippen LogP contribution < -0.4 is 0 Å². The number of ketones is 1. The first-order chi connectivity index (χ1) is 16.4. The lowest BCUT2D eigenvalue weighted by molar-refractivity contribution is -0.139. The van der Waals surface area contributed by atoms with Gasteiger partial charge in [0.2, 0.25) is 0 Å². The van der Waals surface area contributed by atoms with E-state index in [0.29, 0.717) is 17.5 Å². The molecule has 1 aromatic rings. The minimum atomic E-state index is -1.01. The number of Topliss-reactive ketones (excluding diaryl/α,β-unsaturated/α-hetero) is 1. The maximum absolute atomic E-state index is 12.2. The summed E-state index contributed by atoms with van der Waals surface area (Å²) in [7, 11) is 1.28. The number of hydrogen-bond acceptors (Lipinski definition) is 6. The lowest BCUT2D eigenvalue weighted by atomic mass is 9.94. The molecular weight excluding hydrogens is 444 g/mol. The largest absolute Gasteiger partial charge is 0.508 e. The lowest BCUT2D eigenvalue weighted by Crippen LogP contribution is -2.25. The number of esters is 1. The van der Waals surface area contributed by atoms with Crippen molar-refractivity contribution in [2.45, 2.75) is 85.7 Å². The van der Waals surface area contributed by atoms with Crippen LogP contribution in [-0.2, 0) is 27.2 Å². The second kappa shape index (κ2) is 15.2. The average Bonchev–Trinajstić information content (AvgIpc) is 2.78. The van der Waals surface area contributed by atoms with E-state index in [1.165, 1.54) is 30.4 Å². The zero-order valence-corrected chi connectivity index (χ0v) is 22.1. The van der Waals surface area contributed by atoms with E-state index in [1.807, 2.05) is 33.8 Å². The Morgan fingerprint density at radius 1 is 1.00 bits per heavy atom. The molecule has 0 spiro atoms. The maximum Gasteiger partial charge on any atom is 0.310 e. The van der Waals surface area contributed by atoms with E-state index in [9.17, 15) is 24.9 Å². The second-order valence-electron chi connectivity index (χ2n) is 9.59. The number of carbonyl (C=O) groups is 2. The van der Waals surface area contributed by atoms with Gasteiger partial charge < -0.3 is 20.1 Å². The molecule has 0 aliphatic carbocycles. The Balaban J connectivity index is 2.53. The summed E-state index contributed by atoms with van der Waals surface area (Å²) in [5.74, 6) is -0.754. The van der Waals surface area contributed by atoms with Crippen LogP contribution in [-0.4, -0.2) is 40.3 Å². The Labute approximate surface area is 210 Å². The molecule has 35 heavy (non-hydrogen) atoms. The van der Waals surface area contributed by atoms with Gasteiger partial charge in [0, 0.05) is 17.0 Å². The zero-order chi connectivity index (χ0) is 26.5. The molecule has 0 aliphatic rings. The summed E-state index contributed by atoms with van der Waals surface area (Å²) in [6, 6.07) is 2.89. The van der Waals surface area contributed by atoms with Gasteiger partial charge >= 0.3 is 5.97 Å². The molecule has 6 heteroatoms. The molecule has 6 nitrogen and oxygen atoms in total. The number of phenolic OH excluding ortho intramolecular Hbond substituents is 2. The number of hydrogen-bond donors (Lipinski definition) is 3. The van der Waals surface area contributed by atoms with Gasteiger partial charge in [0.1, 0.15) is 17.6 Å². The summed E-state index contributed by atoms with van der Waals surface area (Å²) in [5, 5.41) is 30.3. The van der Waals surface area contributed by atoms with Crippen molar-refractivity contribution in [3.05, 3.63) is 58.2 Å². The van der Waals surface area contributed by atoms with E-state index in [1.54, 1.807) is 6.08 Å². The number of rotatable bonds is 14. The highest BCUT2D eigenvalue weighted by molar-refractivity contribution is 5.86. The van der Waals surface area contributed by atoms with E-state index < -0.39 is 12.1 Å². The third-order valence-electron chi connectivity index (χ3n) is 5.99. The summed E-state index contributed by atoms with van der Waals surface area (Å²) >= 11 is 0. The van der Waals surface area contributed by atoms with Gasteiger partial charge in [-0.15, -0.1) is 0 Å². The third-order valence-corrected chi connectivity index (χ3v) is 5.99. The topological polar surface area (TPSA) is 104 Å². The van der Waals surface area contributed by atoms with Crippen molar-refractivity contribution >= 4 is 11.8 Å². The highest BCUT2D eigenvalue weighted by Gasteiger charge is 2.19. The van der Waals surface area contributed by atoms with E-state index in [2.05, 4.69) is 17.7 Å². The predicted molar refractivity (Wildman–Crippen MR) is 139 cm³/mol. The number of carbonyl (C=O) groups excluding carboxylic acids is 2. The molecule has 0 saturated heterocycles. The Hall–Kier alpha value is -2.86. The highest BCUT2D eigenvalue weighted by atomic mass is 16.5. The van der Waals surface area contributed by atoms with E-state index in [-0.39, 0.29) is 29.6 Å². The molecule has 0 aliphatic heterocycles. The van der Waals surface area contributed by atoms with Crippen molar-refractivity contribution in [2.24, 2.45) is 5.92 Å². The van der Waals surface area contributed by atoms with Crippen LogP contribution in [0.25, 0.3) is 0 Å². The van der Waals surface area contributed by atoms with Crippen LogP contribution >= 0.6 is 0 Å². The molecule has 194 valence electrons. The lowest BCUT2D eigenvalue weighted by Gasteiger charge is -2.13. The fraction of sp³-hybridized carbons (Fsp3) is 0.517. The SMILES string of the molecule is COC(=O)Cc1cc(O)cc(CC=C(C)CCC=C(C)CCC[C@@H](C)C(=O)[C@@H](O)C=C(C)C)c1O. The third kappa shape index (κ3) is 11.4. The molecule has 0 heterocycles. The molecule has 0 fully saturated rings. The van der Waals surface area contributed by atoms with Gasteiger partial charge in [0.05, 0.1) is 13.5 Å². The number of phenols is 2.